The zero-order valence-corrected chi connectivity index (χ0v) is 12.4. The Kier molecular flexibility index (Phi) is 2.79. The molecule has 4 heteroatoms. The van der Waals surface area contributed by atoms with Gasteiger partial charge in [-0.15, -0.1) is 11.3 Å². The molecule has 0 N–H and O–H groups in total. The summed E-state index contributed by atoms with van der Waals surface area (Å²) in [5, 5.41) is 3.56. The molecule has 1 fully saturated rings. The van der Waals surface area contributed by atoms with E-state index in [1.54, 1.807) is 11.3 Å². The van der Waals surface area contributed by atoms with Crippen LogP contribution in [0.2, 0.25) is 5.15 Å². The Morgan fingerprint density at radius 1 is 1.05 bits per heavy atom. The molecule has 0 unspecified atom stereocenters. The van der Waals surface area contributed by atoms with Crippen LogP contribution in [0.15, 0.2) is 41.8 Å². The average Bonchev–Trinajstić information content (AvgIpc) is 2.88. The Hall–Kier alpha value is -1.45. The molecule has 0 aliphatic heterocycles. The van der Waals surface area contributed by atoms with Crippen LogP contribution in [0.3, 0.4) is 0 Å². The molecule has 0 spiro atoms. The van der Waals surface area contributed by atoms with Gasteiger partial charge in [0.25, 0.3) is 0 Å². The molecule has 2 heterocycles. The Morgan fingerprint density at radius 3 is 2.55 bits per heavy atom. The van der Waals surface area contributed by atoms with Gasteiger partial charge in [-0.2, -0.15) is 0 Å². The van der Waals surface area contributed by atoms with Crippen LogP contribution in [-0.4, -0.2) is 9.97 Å². The minimum Gasteiger partial charge on any atom is -0.221 e. The number of thiophene rings is 1. The van der Waals surface area contributed by atoms with Crippen molar-refractivity contribution < 1.29 is 0 Å². The Bertz CT molecular complexity index is 763. The topological polar surface area (TPSA) is 25.8 Å². The summed E-state index contributed by atoms with van der Waals surface area (Å²) in [7, 11) is 0. The second kappa shape index (κ2) is 4.54. The second-order valence-corrected chi connectivity index (χ2v) is 6.53. The molecule has 1 aromatic carbocycles. The van der Waals surface area contributed by atoms with Gasteiger partial charge in [-0.1, -0.05) is 48.4 Å². The highest BCUT2D eigenvalue weighted by atomic mass is 35.5. The van der Waals surface area contributed by atoms with Gasteiger partial charge in [-0.05, 0) is 29.9 Å². The summed E-state index contributed by atoms with van der Waals surface area (Å²) < 4.78 is 0. The molecule has 20 heavy (non-hydrogen) atoms. The van der Waals surface area contributed by atoms with Crippen molar-refractivity contribution in [3.63, 3.8) is 0 Å². The first kappa shape index (κ1) is 12.3. The Balaban J connectivity index is 1.92. The minimum absolute atomic E-state index is 0.0386. The molecule has 0 saturated heterocycles. The van der Waals surface area contributed by atoms with E-state index in [-0.39, 0.29) is 5.41 Å². The summed E-state index contributed by atoms with van der Waals surface area (Å²) in [5.41, 5.74) is 1.27. The van der Waals surface area contributed by atoms with E-state index in [1.807, 2.05) is 17.5 Å². The van der Waals surface area contributed by atoms with E-state index in [2.05, 4.69) is 29.2 Å². The number of rotatable bonds is 2. The SMILES string of the molecule is Clc1nc(C2(c3ccccc3)CCC2)nc2sccc12. The predicted molar refractivity (Wildman–Crippen MR) is 83.5 cm³/mol. The number of benzene rings is 1. The third kappa shape index (κ3) is 1.70. The lowest BCUT2D eigenvalue weighted by Gasteiger charge is -2.41. The van der Waals surface area contributed by atoms with Crippen molar-refractivity contribution in [2.75, 3.05) is 0 Å². The maximum absolute atomic E-state index is 6.33. The molecule has 0 amide bonds. The zero-order valence-electron chi connectivity index (χ0n) is 10.8. The molecule has 2 nitrogen and oxygen atoms in total. The van der Waals surface area contributed by atoms with Crippen molar-refractivity contribution in [3.8, 4) is 0 Å². The number of fused-ring (bicyclic) bond motifs is 1. The van der Waals surface area contributed by atoms with Crippen LogP contribution in [0.25, 0.3) is 10.2 Å². The van der Waals surface area contributed by atoms with Crippen LogP contribution in [0, 0.1) is 0 Å². The summed E-state index contributed by atoms with van der Waals surface area (Å²) in [6, 6.07) is 12.6. The van der Waals surface area contributed by atoms with E-state index in [1.165, 1.54) is 12.0 Å². The van der Waals surface area contributed by atoms with Gasteiger partial charge in [0, 0.05) is 5.39 Å². The van der Waals surface area contributed by atoms with Crippen molar-refractivity contribution in [2.24, 2.45) is 0 Å². The van der Waals surface area contributed by atoms with Gasteiger partial charge in [-0.25, -0.2) is 9.97 Å². The van der Waals surface area contributed by atoms with Crippen LogP contribution in [0.4, 0.5) is 0 Å². The monoisotopic (exact) mass is 300 g/mol. The normalized spacial score (nSPS) is 17.1. The van der Waals surface area contributed by atoms with E-state index in [0.717, 1.165) is 28.9 Å². The highest BCUT2D eigenvalue weighted by Gasteiger charge is 2.43. The zero-order chi connectivity index (χ0) is 13.6. The highest BCUT2D eigenvalue weighted by molar-refractivity contribution is 7.16. The lowest BCUT2D eigenvalue weighted by Crippen LogP contribution is -2.37. The van der Waals surface area contributed by atoms with Gasteiger partial charge in [0.1, 0.15) is 15.8 Å². The standard InChI is InChI=1S/C16H13ClN2S/c17-13-12-7-10-20-14(12)19-15(18-13)16(8-4-9-16)11-5-2-1-3-6-11/h1-3,5-7,10H,4,8-9H2. The Morgan fingerprint density at radius 2 is 1.85 bits per heavy atom. The summed E-state index contributed by atoms with van der Waals surface area (Å²) in [4.78, 5) is 10.4. The predicted octanol–water partition coefficient (Wildman–Crippen LogP) is 4.81. The molecule has 100 valence electrons. The lowest BCUT2D eigenvalue weighted by molar-refractivity contribution is 0.286. The molecule has 3 aromatic rings. The maximum atomic E-state index is 6.33. The maximum Gasteiger partial charge on any atom is 0.142 e. The molecule has 1 saturated carbocycles. The van der Waals surface area contributed by atoms with Crippen LogP contribution < -0.4 is 0 Å². The molecule has 4 rings (SSSR count). The molecule has 1 aliphatic rings. The summed E-state index contributed by atoms with van der Waals surface area (Å²) in [6.07, 6.45) is 3.42. The molecule has 2 aromatic heterocycles. The van der Waals surface area contributed by atoms with E-state index in [4.69, 9.17) is 16.6 Å². The quantitative estimate of drug-likeness (QED) is 0.634. The number of halogens is 1. The van der Waals surface area contributed by atoms with Gasteiger partial charge in [0.15, 0.2) is 0 Å². The first-order valence-corrected chi connectivity index (χ1v) is 8.02. The first-order chi connectivity index (χ1) is 9.79. The minimum atomic E-state index is -0.0386. The fourth-order valence-electron chi connectivity index (χ4n) is 2.96. The van der Waals surface area contributed by atoms with Gasteiger partial charge >= 0.3 is 0 Å². The van der Waals surface area contributed by atoms with E-state index < -0.39 is 0 Å². The first-order valence-electron chi connectivity index (χ1n) is 6.76. The summed E-state index contributed by atoms with van der Waals surface area (Å²) in [5.74, 6) is 0.884. The number of aromatic nitrogens is 2. The van der Waals surface area contributed by atoms with E-state index in [0.29, 0.717) is 5.15 Å². The van der Waals surface area contributed by atoms with Crippen LogP contribution in [-0.2, 0) is 5.41 Å². The molecule has 0 bridgehead atoms. The third-order valence-electron chi connectivity index (χ3n) is 4.24. The van der Waals surface area contributed by atoms with Crippen LogP contribution in [0.5, 0.6) is 0 Å². The fourth-order valence-corrected chi connectivity index (χ4v) is 4.01. The highest BCUT2D eigenvalue weighted by Crippen LogP contribution is 2.48. The van der Waals surface area contributed by atoms with Crippen molar-refractivity contribution >= 4 is 33.2 Å². The molecular formula is C16H13ClN2S. The smallest absolute Gasteiger partial charge is 0.142 e. The second-order valence-electron chi connectivity index (χ2n) is 5.28. The molecular weight excluding hydrogens is 288 g/mol. The van der Waals surface area contributed by atoms with Gasteiger partial charge < -0.3 is 0 Å². The lowest BCUT2D eigenvalue weighted by atomic mass is 9.64. The van der Waals surface area contributed by atoms with Gasteiger partial charge in [0.2, 0.25) is 0 Å². The van der Waals surface area contributed by atoms with Gasteiger partial charge in [-0.3, -0.25) is 0 Å². The van der Waals surface area contributed by atoms with Crippen molar-refractivity contribution in [1.82, 2.24) is 9.97 Å². The number of nitrogens with zero attached hydrogens (tertiary/aromatic N) is 2. The number of hydrogen-bond acceptors (Lipinski definition) is 3. The molecule has 0 atom stereocenters. The summed E-state index contributed by atoms with van der Waals surface area (Å²) >= 11 is 7.96. The molecule has 0 radical (unpaired) electrons. The average molecular weight is 301 g/mol. The van der Waals surface area contributed by atoms with E-state index in [9.17, 15) is 0 Å². The van der Waals surface area contributed by atoms with Crippen LogP contribution >= 0.6 is 22.9 Å². The van der Waals surface area contributed by atoms with Crippen molar-refractivity contribution in [1.29, 1.82) is 0 Å². The van der Waals surface area contributed by atoms with Gasteiger partial charge in [0.05, 0.1) is 5.41 Å². The van der Waals surface area contributed by atoms with Crippen LogP contribution in [0.1, 0.15) is 30.7 Å². The summed E-state index contributed by atoms with van der Waals surface area (Å²) in [6.45, 7) is 0. The van der Waals surface area contributed by atoms with Crippen molar-refractivity contribution in [3.05, 3.63) is 58.3 Å². The Labute approximate surface area is 126 Å². The van der Waals surface area contributed by atoms with Crippen molar-refractivity contribution in [2.45, 2.75) is 24.7 Å². The largest absolute Gasteiger partial charge is 0.221 e. The molecule has 1 aliphatic carbocycles. The fraction of sp³-hybridized carbons (Fsp3) is 0.250. The van der Waals surface area contributed by atoms with E-state index >= 15 is 0 Å². The third-order valence-corrected chi connectivity index (χ3v) is 5.33. The number of hydrogen-bond donors (Lipinski definition) is 0.